The largest absolute Gasteiger partial charge is 0.423 e. The van der Waals surface area contributed by atoms with Crippen molar-refractivity contribution in [1.82, 2.24) is 25.1 Å². The first-order valence-electron chi connectivity index (χ1n) is 6.40. The number of imidazole rings is 1. The molecule has 6 heteroatoms. The summed E-state index contributed by atoms with van der Waals surface area (Å²) in [6.07, 6.45) is 7.09. The highest BCUT2D eigenvalue weighted by molar-refractivity contribution is 4.97. The van der Waals surface area contributed by atoms with Gasteiger partial charge < -0.3 is 14.3 Å². The number of aryl methyl sites for hydroxylation is 1. The van der Waals surface area contributed by atoms with E-state index in [1.54, 1.807) is 6.20 Å². The zero-order valence-corrected chi connectivity index (χ0v) is 10.5. The molecule has 18 heavy (non-hydrogen) atoms. The number of hydrogen-bond donors (Lipinski definition) is 1. The van der Waals surface area contributed by atoms with Crippen molar-refractivity contribution in [2.45, 2.75) is 45.3 Å². The van der Waals surface area contributed by atoms with Crippen LogP contribution < -0.4 is 5.32 Å². The summed E-state index contributed by atoms with van der Waals surface area (Å²) in [6.45, 7) is 3.39. The summed E-state index contributed by atoms with van der Waals surface area (Å²) in [5, 5.41) is 11.4. The van der Waals surface area contributed by atoms with Crippen LogP contribution in [0.5, 0.6) is 0 Å². The highest BCUT2D eigenvalue weighted by Crippen LogP contribution is 2.19. The molecule has 1 saturated carbocycles. The van der Waals surface area contributed by atoms with E-state index in [9.17, 15) is 0 Å². The lowest BCUT2D eigenvalue weighted by atomic mass is 10.5. The maximum atomic E-state index is 5.51. The summed E-state index contributed by atoms with van der Waals surface area (Å²) in [6, 6.07) is 0.685. The minimum Gasteiger partial charge on any atom is -0.423 e. The monoisotopic (exact) mass is 247 g/mol. The first-order valence-corrected chi connectivity index (χ1v) is 6.40. The maximum Gasteiger partial charge on any atom is 0.236 e. The smallest absolute Gasteiger partial charge is 0.236 e. The molecule has 2 heterocycles. The van der Waals surface area contributed by atoms with Crippen LogP contribution in [0.1, 0.15) is 37.4 Å². The number of nitrogens with one attached hydrogen (secondary N) is 1. The molecule has 0 aromatic carbocycles. The summed E-state index contributed by atoms with van der Waals surface area (Å²) in [5.74, 6) is 2.33. The Morgan fingerprint density at radius 3 is 2.94 bits per heavy atom. The second-order valence-electron chi connectivity index (χ2n) is 4.57. The maximum absolute atomic E-state index is 5.51. The molecule has 2 aromatic rings. The normalized spacial score (nSPS) is 15.2. The molecule has 2 aromatic heterocycles. The summed E-state index contributed by atoms with van der Waals surface area (Å²) in [7, 11) is 0. The fourth-order valence-electron chi connectivity index (χ4n) is 1.82. The van der Waals surface area contributed by atoms with Gasteiger partial charge in [0.15, 0.2) is 0 Å². The number of hydrogen-bond acceptors (Lipinski definition) is 5. The highest BCUT2D eigenvalue weighted by atomic mass is 16.4. The molecule has 0 spiro atoms. The van der Waals surface area contributed by atoms with Crippen molar-refractivity contribution >= 4 is 0 Å². The Kier molecular flexibility index (Phi) is 3.10. The van der Waals surface area contributed by atoms with Gasteiger partial charge in [-0.25, -0.2) is 4.98 Å². The molecule has 0 bridgehead atoms. The second-order valence-corrected chi connectivity index (χ2v) is 4.57. The third-order valence-electron chi connectivity index (χ3n) is 3.04. The Labute approximate surface area is 105 Å². The average Bonchev–Trinajstić information content (AvgIpc) is 2.93. The van der Waals surface area contributed by atoms with E-state index in [1.807, 2.05) is 17.7 Å². The molecule has 0 saturated heterocycles. The van der Waals surface area contributed by atoms with E-state index in [0.29, 0.717) is 24.4 Å². The van der Waals surface area contributed by atoms with Crippen LogP contribution in [0.2, 0.25) is 0 Å². The highest BCUT2D eigenvalue weighted by Gasteiger charge is 2.21. The molecule has 1 aliphatic carbocycles. The number of aromatic nitrogens is 4. The lowest BCUT2D eigenvalue weighted by Gasteiger charge is -2.05. The predicted molar refractivity (Wildman–Crippen MR) is 64.9 cm³/mol. The Bertz CT molecular complexity index is 514. The van der Waals surface area contributed by atoms with Gasteiger partial charge >= 0.3 is 0 Å². The van der Waals surface area contributed by atoms with Crippen LogP contribution in [0, 0.1) is 0 Å². The lowest BCUT2D eigenvalue weighted by Crippen LogP contribution is -2.19. The zero-order chi connectivity index (χ0) is 12.4. The molecule has 1 fully saturated rings. The Balaban J connectivity index is 1.65. The van der Waals surface area contributed by atoms with Crippen LogP contribution in [-0.4, -0.2) is 25.8 Å². The van der Waals surface area contributed by atoms with Crippen LogP contribution in [0.4, 0.5) is 0 Å². The topological polar surface area (TPSA) is 68.8 Å². The summed E-state index contributed by atoms with van der Waals surface area (Å²) in [4.78, 5) is 4.35. The van der Waals surface area contributed by atoms with Crippen molar-refractivity contribution in [2.24, 2.45) is 0 Å². The zero-order valence-electron chi connectivity index (χ0n) is 10.5. The minimum atomic E-state index is 0.592. The van der Waals surface area contributed by atoms with Crippen molar-refractivity contribution in [3.05, 3.63) is 30.0 Å². The van der Waals surface area contributed by atoms with Gasteiger partial charge in [0.2, 0.25) is 11.8 Å². The quantitative estimate of drug-likeness (QED) is 0.828. The van der Waals surface area contributed by atoms with Crippen LogP contribution in [-0.2, 0) is 19.5 Å². The predicted octanol–water partition coefficient (Wildman–Crippen LogP) is 1.13. The minimum absolute atomic E-state index is 0.592. The first kappa shape index (κ1) is 11.4. The van der Waals surface area contributed by atoms with Gasteiger partial charge in [-0.05, 0) is 12.8 Å². The van der Waals surface area contributed by atoms with E-state index >= 15 is 0 Å². The van der Waals surface area contributed by atoms with E-state index in [4.69, 9.17) is 4.42 Å². The number of nitrogens with zero attached hydrogens (tertiary/aromatic N) is 4. The molecule has 0 unspecified atom stereocenters. The first-order chi connectivity index (χ1) is 8.85. The Morgan fingerprint density at radius 2 is 2.22 bits per heavy atom. The van der Waals surface area contributed by atoms with Crippen LogP contribution in [0.3, 0.4) is 0 Å². The van der Waals surface area contributed by atoms with Gasteiger partial charge in [0, 0.05) is 24.9 Å². The Hall–Kier alpha value is -1.69. The number of rotatable bonds is 6. The van der Waals surface area contributed by atoms with Crippen molar-refractivity contribution in [3.63, 3.8) is 0 Å². The molecule has 0 atom stereocenters. The third-order valence-corrected chi connectivity index (χ3v) is 3.04. The fourth-order valence-corrected chi connectivity index (χ4v) is 1.82. The molecule has 0 amide bonds. The molecule has 0 radical (unpaired) electrons. The summed E-state index contributed by atoms with van der Waals surface area (Å²) in [5.41, 5.74) is 0. The fraction of sp³-hybridized carbons (Fsp3) is 0.583. The van der Waals surface area contributed by atoms with Crippen molar-refractivity contribution in [3.8, 4) is 0 Å². The van der Waals surface area contributed by atoms with Gasteiger partial charge in [-0.15, -0.1) is 10.2 Å². The van der Waals surface area contributed by atoms with Crippen LogP contribution >= 0.6 is 0 Å². The lowest BCUT2D eigenvalue weighted by molar-refractivity contribution is 0.437. The summed E-state index contributed by atoms with van der Waals surface area (Å²) < 4.78 is 7.55. The third kappa shape index (κ3) is 2.59. The van der Waals surface area contributed by atoms with E-state index in [1.165, 1.54) is 12.8 Å². The van der Waals surface area contributed by atoms with Crippen LogP contribution in [0.25, 0.3) is 0 Å². The van der Waals surface area contributed by atoms with Gasteiger partial charge in [0.05, 0.1) is 6.54 Å². The van der Waals surface area contributed by atoms with Gasteiger partial charge in [-0.3, -0.25) is 0 Å². The van der Waals surface area contributed by atoms with Gasteiger partial charge in [-0.2, -0.15) is 0 Å². The molecule has 6 nitrogen and oxygen atoms in total. The molecule has 0 aliphatic heterocycles. The van der Waals surface area contributed by atoms with Crippen molar-refractivity contribution in [1.29, 1.82) is 0 Å². The van der Waals surface area contributed by atoms with Crippen LogP contribution in [0.15, 0.2) is 16.8 Å². The SMILES string of the molecule is CCc1nnc(Cn2ccnc2CNC2CC2)o1. The van der Waals surface area contributed by atoms with E-state index < -0.39 is 0 Å². The molecule has 1 aliphatic rings. The molecular weight excluding hydrogens is 230 g/mol. The van der Waals surface area contributed by atoms with Crippen molar-refractivity contribution < 1.29 is 4.42 Å². The van der Waals surface area contributed by atoms with Gasteiger partial charge in [-0.1, -0.05) is 6.92 Å². The standard InChI is InChI=1S/C12H17N5O/c1-2-11-15-16-12(18-11)8-17-6-5-13-10(17)7-14-9-3-4-9/h5-6,9,14H,2-4,7-8H2,1H3. The second kappa shape index (κ2) is 4.89. The van der Waals surface area contributed by atoms with Crippen molar-refractivity contribution in [2.75, 3.05) is 0 Å². The van der Waals surface area contributed by atoms with Gasteiger partial charge in [0.25, 0.3) is 0 Å². The van der Waals surface area contributed by atoms with Gasteiger partial charge in [0.1, 0.15) is 12.4 Å². The van der Waals surface area contributed by atoms with E-state index in [-0.39, 0.29) is 0 Å². The molecule has 3 rings (SSSR count). The van der Waals surface area contributed by atoms with E-state index in [0.717, 1.165) is 18.8 Å². The average molecular weight is 247 g/mol. The summed E-state index contributed by atoms with van der Waals surface area (Å²) >= 11 is 0. The molecule has 96 valence electrons. The Morgan fingerprint density at radius 1 is 1.39 bits per heavy atom. The molecule has 1 N–H and O–H groups in total. The van der Waals surface area contributed by atoms with E-state index in [2.05, 4.69) is 20.5 Å². The molecular formula is C12H17N5O.